The summed E-state index contributed by atoms with van der Waals surface area (Å²) >= 11 is 0. The number of benzene rings is 2. The number of aromatic amines is 1. The number of sulfonamides is 1. The highest BCUT2D eigenvalue weighted by atomic mass is 32.2. The molecule has 5 N–H and O–H groups in total. The van der Waals surface area contributed by atoms with Gasteiger partial charge in [-0.1, -0.05) is 24.3 Å². The van der Waals surface area contributed by atoms with Crippen molar-refractivity contribution in [1.29, 1.82) is 0 Å². The second-order valence-electron chi connectivity index (χ2n) is 5.92. The Bertz CT molecular complexity index is 1320. The summed E-state index contributed by atoms with van der Waals surface area (Å²) in [6, 6.07) is 11.6. The van der Waals surface area contributed by atoms with E-state index in [1.807, 2.05) is 0 Å². The first-order valence-corrected chi connectivity index (χ1v) is 9.49. The fourth-order valence-electron chi connectivity index (χ4n) is 3.05. The molecule has 4 aromatic rings. The van der Waals surface area contributed by atoms with Crippen molar-refractivity contribution < 1.29 is 13.2 Å². The fraction of sp³-hybridized carbons (Fsp3) is 0. The van der Waals surface area contributed by atoms with E-state index in [0.717, 1.165) is 0 Å². The molecule has 0 saturated carbocycles. The Balaban J connectivity index is 2.01. The van der Waals surface area contributed by atoms with Crippen molar-refractivity contribution in [3.63, 3.8) is 0 Å². The Hall–Kier alpha value is -3.70. The van der Waals surface area contributed by atoms with Crippen LogP contribution < -0.4 is 10.9 Å². The average Bonchev–Trinajstić information content (AvgIpc) is 3.20. The summed E-state index contributed by atoms with van der Waals surface area (Å²) in [6.45, 7) is 0. The van der Waals surface area contributed by atoms with Gasteiger partial charge in [-0.2, -0.15) is 5.21 Å². The number of hydrogen-bond donors (Lipinski definition) is 3. The van der Waals surface area contributed by atoms with Gasteiger partial charge >= 0.3 is 0 Å². The van der Waals surface area contributed by atoms with Gasteiger partial charge in [-0.15, -0.1) is 10.2 Å². The van der Waals surface area contributed by atoms with Crippen LogP contribution in [0.2, 0.25) is 0 Å². The molecule has 2 heterocycles. The van der Waals surface area contributed by atoms with Crippen molar-refractivity contribution in [1.82, 2.24) is 25.6 Å². The van der Waals surface area contributed by atoms with E-state index in [4.69, 9.17) is 10.9 Å². The van der Waals surface area contributed by atoms with Crippen LogP contribution in [-0.4, -0.2) is 39.9 Å². The number of carbonyl (C=O) groups is 1. The second kappa shape index (κ2) is 6.48. The van der Waals surface area contributed by atoms with Gasteiger partial charge in [0, 0.05) is 11.6 Å². The lowest BCUT2D eigenvalue weighted by atomic mass is 9.96. The summed E-state index contributed by atoms with van der Waals surface area (Å²) in [6.07, 6.45) is 1.48. The average molecular weight is 395 g/mol. The van der Waals surface area contributed by atoms with Gasteiger partial charge in [0.05, 0.1) is 10.5 Å². The summed E-state index contributed by atoms with van der Waals surface area (Å²) in [4.78, 5) is 15.5. The van der Waals surface area contributed by atoms with E-state index >= 15 is 0 Å². The van der Waals surface area contributed by atoms with Crippen molar-refractivity contribution in [3.8, 4) is 22.5 Å². The predicted octanol–water partition coefficient (Wildman–Crippen LogP) is 0.828. The quantitative estimate of drug-likeness (QED) is 0.459. The lowest BCUT2D eigenvalue weighted by Gasteiger charge is -2.12. The van der Waals surface area contributed by atoms with Crippen LogP contribution in [0.4, 0.5) is 0 Å². The minimum absolute atomic E-state index is 0.0901. The molecule has 11 heteroatoms. The number of H-pyrrole nitrogens is 1. The molecule has 0 aliphatic rings. The molecule has 28 heavy (non-hydrogen) atoms. The number of carbonyl (C=O) groups excluding carboxylic acids is 1. The molecule has 0 radical (unpaired) electrons. The van der Waals surface area contributed by atoms with E-state index < -0.39 is 15.9 Å². The monoisotopic (exact) mass is 395 g/mol. The lowest BCUT2D eigenvalue weighted by molar-refractivity contribution is 0.0997. The molecular formula is C17H13N7O3S. The Morgan fingerprint density at radius 3 is 2.61 bits per heavy atom. The van der Waals surface area contributed by atoms with Gasteiger partial charge in [0.1, 0.15) is 5.69 Å². The molecule has 0 aliphatic heterocycles. The van der Waals surface area contributed by atoms with Gasteiger partial charge < -0.3 is 5.73 Å². The molecule has 0 unspecified atom stereocenters. The maximum atomic E-state index is 12.1. The fourth-order valence-corrected chi connectivity index (χ4v) is 3.80. The molecule has 0 bridgehead atoms. The highest BCUT2D eigenvalue weighted by Crippen LogP contribution is 2.36. The molecule has 0 aliphatic carbocycles. The number of nitrogens with one attached hydrogen (secondary N) is 1. The number of nitrogens with zero attached hydrogens (tertiary/aromatic N) is 4. The van der Waals surface area contributed by atoms with Crippen LogP contribution >= 0.6 is 0 Å². The van der Waals surface area contributed by atoms with Crippen LogP contribution in [0.3, 0.4) is 0 Å². The number of hydrogen-bond acceptors (Lipinski definition) is 7. The van der Waals surface area contributed by atoms with Crippen molar-refractivity contribution in [2.75, 3.05) is 0 Å². The molecule has 10 nitrogen and oxygen atoms in total. The standard InChI is InChI=1S/C17H13N7O3S/c18-16(25)15-12-5-4-9(8-10(12)6-7-20-15)11-2-1-3-13(28(19,26)27)14(11)17-21-23-24-22-17/h1-8H,(H2,18,25)(H2,19,26,27)(H,21,22,23,24). The molecule has 140 valence electrons. The Labute approximate surface area is 158 Å². The number of amides is 1. The summed E-state index contributed by atoms with van der Waals surface area (Å²) < 4.78 is 24.2. The number of rotatable bonds is 4. The van der Waals surface area contributed by atoms with Crippen LogP contribution in [0.5, 0.6) is 0 Å². The van der Waals surface area contributed by atoms with Gasteiger partial charge in [-0.25, -0.2) is 13.6 Å². The molecule has 4 rings (SSSR count). The Morgan fingerprint density at radius 2 is 1.93 bits per heavy atom. The molecule has 2 aromatic carbocycles. The highest BCUT2D eigenvalue weighted by molar-refractivity contribution is 7.89. The zero-order valence-corrected chi connectivity index (χ0v) is 15.0. The third kappa shape index (κ3) is 2.98. The zero-order valence-electron chi connectivity index (χ0n) is 14.2. The van der Waals surface area contributed by atoms with Crippen molar-refractivity contribution >= 4 is 26.7 Å². The first-order valence-electron chi connectivity index (χ1n) is 7.95. The maximum absolute atomic E-state index is 12.1. The van der Waals surface area contributed by atoms with Crippen molar-refractivity contribution in [2.24, 2.45) is 10.9 Å². The summed E-state index contributed by atoms with van der Waals surface area (Å²) in [5.74, 6) is -0.547. The third-order valence-electron chi connectivity index (χ3n) is 4.21. The van der Waals surface area contributed by atoms with Gasteiger partial charge in [0.15, 0.2) is 0 Å². The number of pyridine rings is 1. The molecule has 0 spiro atoms. The van der Waals surface area contributed by atoms with E-state index in [9.17, 15) is 13.2 Å². The SMILES string of the molecule is NC(=O)c1nccc2cc(-c3cccc(S(N)(=O)=O)c3-c3nn[nH]n3)ccc12. The maximum Gasteiger partial charge on any atom is 0.267 e. The number of primary sulfonamides is 1. The first kappa shape index (κ1) is 17.7. The summed E-state index contributed by atoms with van der Waals surface area (Å²) in [7, 11) is -4.04. The molecule has 1 amide bonds. The molecule has 2 aromatic heterocycles. The van der Waals surface area contributed by atoms with Crippen molar-refractivity contribution in [3.05, 3.63) is 54.4 Å². The van der Waals surface area contributed by atoms with Gasteiger partial charge in [0.25, 0.3) is 5.91 Å². The van der Waals surface area contributed by atoms with E-state index in [1.165, 1.54) is 12.3 Å². The van der Waals surface area contributed by atoms with E-state index in [-0.39, 0.29) is 22.0 Å². The largest absolute Gasteiger partial charge is 0.364 e. The number of tetrazole rings is 1. The molecule has 0 atom stereocenters. The van der Waals surface area contributed by atoms with E-state index in [1.54, 1.807) is 36.4 Å². The number of nitrogens with two attached hydrogens (primary N) is 2. The van der Waals surface area contributed by atoms with Crippen LogP contribution in [0, 0.1) is 0 Å². The topological polar surface area (TPSA) is 171 Å². The van der Waals surface area contributed by atoms with Crippen LogP contribution in [0.25, 0.3) is 33.3 Å². The lowest BCUT2D eigenvalue weighted by Crippen LogP contribution is -2.14. The van der Waals surface area contributed by atoms with E-state index in [2.05, 4.69) is 25.6 Å². The van der Waals surface area contributed by atoms with Gasteiger partial charge in [0.2, 0.25) is 15.8 Å². The van der Waals surface area contributed by atoms with E-state index in [0.29, 0.717) is 21.9 Å². The normalized spacial score (nSPS) is 11.6. The van der Waals surface area contributed by atoms with Gasteiger partial charge in [-0.3, -0.25) is 9.78 Å². The number of fused-ring (bicyclic) bond motifs is 1. The minimum Gasteiger partial charge on any atom is -0.364 e. The first-order chi connectivity index (χ1) is 13.4. The molecular weight excluding hydrogens is 382 g/mol. The summed E-state index contributed by atoms with van der Waals surface area (Å²) in [5, 5.41) is 20.3. The third-order valence-corrected chi connectivity index (χ3v) is 5.16. The second-order valence-corrected chi connectivity index (χ2v) is 7.45. The number of aromatic nitrogens is 5. The molecule has 0 fully saturated rings. The smallest absolute Gasteiger partial charge is 0.267 e. The zero-order chi connectivity index (χ0) is 19.9. The minimum atomic E-state index is -4.04. The summed E-state index contributed by atoms with van der Waals surface area (Å²) in [5.41, 5.74) is 6.95. The van der Waals surface area contributed by atoms with Crippen LogP contribution in [-0.2, 0) is 10.0 Å². The van der Waals surface area contributed by atoms with Crippen LogP contribution in [0.1, 0.15) is 10.5 Å². The molecule has 0 saturated heterocycles. The van der Waals surface area contributed by atoms with Crippen LogP contribution in [0.15, 0.2) is 53.6 Å². The number of primary amides is 1. The predicted molar refractivity (Wildman–Crippen MR) is 100 cm³/mol. The van der Waals surface area contributed by atoms with Crippen molar-refractivity contribution in [2.45, 2.75) is 4.90 Å². The van der Waals surface area contributed by atoms with Gasteiger partial charge in [-0.05, 0) is 39.9 Å². The Morgan fingerprint density at radius 1 is 1.11 bits per heavy atom. The Kier molecular flexibility index (Phi) is 4.09. The highest BCUT2D eigenvalue weighted by Gasteiger charge is 2.22.